The molecule has 1 saturated heterocycles. The highest BCUT2D eigenvalue weighted by Gasteiger charge is 2.17. The molecule has 1 aliphatic heterocycles. The molecule has 2 rings (SSSR count). The van der Waals surface area contributed by atoms with Gasteiger partial charge in [0.2, 0.25) is 5.91 Å². The van der Waals surface area contributed by atoms with Gasteiger partial charge in [0.25, 0.3) is 0 Å². The summed E-state index contributed by atoms with van der Waals surface area (Å²) in [5.74, 6) is 2.08. The molecule has 0 aliphatic carbocycles. The van der Waals surface area contributed by atoms with Gasteiger partial charge < -0.3 is 9.32 Å². The SMILES string of the molecule is Cc1ccc(CN(C)CC(=O)N2CCCCCC2)o1. The van der Waals surface area contributed by atoms with Crippen molar-refractivity contribution in [1.29, 1.82) is 0 Å². The predicted octanol–water partition coefficient (Wildman–Crippen LogP) is 2.42. The lowest BCUT2D eigenvalue weighted by molar-refractivity contribution is -0.132. The number of nitrogens with zero attached hydrogens (tertiary/aromatic N) is 2. The number of rotatable bonds is 4. The molecule has 106 valence electrons. The van der Waals surface area contributed by atoms with Crippen LogP contribution in [0.1, 0.15) is 37.2 Å². The molecule has 4 heteroatoms. The smallest absolute Gasteiger partial charge is 0.236 e. The molecular formula is C15H24N2O2. The maximum Gasteiger partial charge on any atom is 0.236 e. The van der Waals surface area contributed by atoms with Crippen molar-refractivity contribution in [3.63, 3.8) is 0 Å². The van der Waals surface area contributed by atoms with E-state index in [1.54, 1.807) is 0 Å². The largest absolute Gasteiger partial charge is 0.465 e. The van der Waals surface area contributed by atoms with Gasteiger partial charge >= 0.3 is 0 Å². The van der Waals surface area contributed by atoms with Crippen LogP contribution in [0.2, 0.25) is 0 Å². The summed E-state index contributed by atoms with van der Waals surface area (Å²) in [6, 6.07) is 3.93. The monoisotopic (exact) mass is 264 g/mol. The first-order valence-electron chi connectivity index (χ1n) is 7.17. The van der Waals surface area contributed by atoms with Gasteiger partial charge in [0, 0.05) is 13.1 Å². The number of likely N-dealkylation sites (tertiary alicyclic amines) is 1. The number of hydrogen-bond acceptors (Lipinski definition) is 3. The van der Waals surface area contributed by atoms with Crippen molar-refractivity contribution in [3.05, 3.63) is 23.7 Å². The second kappa shape index (κ2) is 6.75. The topological polar surface area (TPSA) is 36.7 Å². The Morgan fingerprint density at radius 2 is 1.95 bits per heavy atom. The van der Waals surface area contributed by atoms with Gasteiger partial charge in [-0.1, -0.05) is 12.8 Å². The van der Waals surface area contributed by atoms with Crippen molar-refractivity contribution in [2.75, 3.05) is 26.7 Å². The van der Waals surface area contributed by atoms with Crippen LogP contribution < -0.4 is 0 Å². The van der Waals surface area contributed by atoms with E-state index in [1.165, 1.54) is 12.8 Å². The molecule has 0 aromatic carbocycles. The van der Waals surface area contributed by atoms with Gasteiger partial charge in [-0.25, -0.2) is 0 Å². The Morgan fingerprint density at radius 3 is 2.53 bits per heavy atom. The number of hydrogen-bond donors (Lipinski definition) is 0. The second-order valence-corrected chi connectivity index (χ2v) is 5.48. The first-order chi connectivity index (χ1) is 9.15. The third-order valence-electron chi connectivity index (χ3n) is 3.59. The number of aryl methyl sites for hydroxylation is 1. The zero-order chi connectivity index (χ0) is 13.7. The molecule has 2 heterocycles. The highest BCUT2D eigenvalue weighted by molar-refractivity contribution is 5.78. The number of likely N-dealkylation sites (N-methyl/N-ethyl adjacent to an activating group) is 1. The Hall–Kier alpha value is -1.29. The first-order valence-corrected chi connectivity index (χ1v) is 7.17. The minimum Gasteiger partial charge on any atom is -0.465 e. The molecule has 0 bridgehead atoms. The van der Waals surface area contributed by atoms with Crippen LogP contribution >= 0.6 is 0 Å². The van der Waals surface area contributed by atoms with E-state index in [4.69, 9.17) is 4.42 Å². The molecular weight excluding hydrogens is 240 g/mol. The Bertz CT molecular complexity index is 406. The molecule has 4 nitrogen and oxygen atoms in total. The van der Waals surface area contributed by atoms with Crippen molar-refractivity contribution in [2.45, 2.75) is 39.2 Å². The maximum absolute atomic E-state index is 12.2. The van der Waals surface area contributed by atoms with Gasteiger partial charge in [0.05, 0.1) is 13.1 Å². The number of amides is 1. The molecule has 0 spiro atoms. The summed E-state index contributed by atoms with van der Waals surface area (Å²) >= 11 is 0. The lowest BCUT2D eigenvalue weighted by Gasteiger charge is -2.23. The van der Waals surface area contributed by atoms with E-state index in [0.717, 1.165) is 37.5 Å². The highest BCUT2D eigenvalue weighted by Crippen LogP contribution is 2.11. The first kappa shape index (κ1) is 14.1. The highest BCUT2D eigenvalue weighted by atomic mass is 16.3. The summed E-state index contributed by atoms with van der Waals surface area (Å²) in [6.45, 7) is 4.94. The summed E-state index contributed by atoms with van der Waals surface area (Å²) in [5, 5.41) is 0. The molecule has 1 aromatic rings. The van der Waals surface area contributed by atoms with Crippen LogP contribution in [-0.2, 0) is 11.3 Å². The van der Waals surface area contributed by atoms with Gasteiger partial charge in [-0.2, -0.15) is 0 Å². The molecule has 19 heavy (non-hydrogen) atoms. The van der Waals surface area contributed by atoms with Crippen LogP contribution in [0, 0.1) is 6.92 Å². The second-order valence-electron chi connectivity index (χ2n) is 5.48. The van der Waals surface area contributed by atoms with Gasteiger partial charge in [-0.05, 0) is 38.9 Å². The average molecular weight is 264 g/mol. The lowest BCUT2D eigenvalue weighted by Crippen LogP contribution is -2.39. The molecule has 0 unspecified atom stereocenters. The zero-order valence-corrected chi connectivity index (χ0v) is 12.0. The van der Waals surface area contributed by atoms with E-state index < -0.39 is 0 Å². The summed E-state index contributed by atoms with van der Waals surface area (Å²) in [6.07, 6.45) is 4.80. The summed E-state index contributed by atoms with van der Waals surface area (Å²) in [5.41, 5.74) is 0. The summed E-state index contributed by atoms with van der Waals surface area (Å²) < 4.78 is 5.53. The molecule has 0 N–H and O–H groups in total. The van der Waals surface area contributed by atoms with E-state index in [9.17, 15) is 4.79 Å². The van der Waals surface area contributed by atoms with Crippen LogP contribution in [0.5, 0.6) is 0 Å². The fourth-order valence-corrected chi connectivity index (χ4v) is 2.54. The minimum absolute atomic E-state index is 0.243. The fraction of sp³-hybridized carbons (Fsp3) is 0.667. The van der Waals surface area contributed by atoms with E-state index in [-0.39, 0.29) is 5.91 Å². The van der Waals surface area contributed by atoms with Crippen LogP contribution in [0.15, 0.2) is 16.5 Å². The van der Waals surface area contributed by atoms with Crippen LogP contribution in [0.4, 0.5) is 0 Å². The van der Waals surface area contributed by atoms with Gasteiger partial charge in [0.1, 0.15) is 11.5 Å². The Balaban J connectivity index is 1.80. The molecule has 0 radical (unpaired) electrons. The number of carbonyl (C=O) groups is 1. The summed E-state index contributed by atoms with van der Waals surface area (Å²) in [7, 11) is 1.97. The van der Waals surface area contributed by atoms with Gasteiger partial charge in [0.15, 0.2) is 0 Å². The number of furan rings is 1. The maximum atomic E-state index is 12.2. The number of carbonyl (C=O) groups excluding carboxylic acids is 1. The normalized spacial score (nSPS) is 16.7. The Kier molecular flexibility index (Phi) is 5.02. The quantitative estimate of drug-likeness (QED) is 0.838. The lowest BCUT2D eigenvalue weighted by atomic mass is 10.2. The minimum atomic E-state index is 0.243. The van der Waals surface area contributed by atoms with Gasteiger partial charge in [-0.15, -0.1) is 0 Å². The van der Waals surface area contributed by atoms with E-state index in [0.29, 0.717) is 13.1 Å². The van der Waals surface area contributed by atoms with E-state index in [1.807, 2.05) is 35.9 Å². The molecule has 0 atom stereocenters. The molecule has 0 saturated carbocycles. The third kappa shape index (κ3) is 4.39. The Morgan fingerprint density at radius 1 is 1.26 bits per heavy atom. The fourth-order valence-electron chi connectivity index (χ4n) is 2.54. The van der Waals surface area contributed by atoms with Crippen molar-refractivity contribution in [3.8, 4) is 0 Å². The molecule has 1 aliphatic rings. The molecule has 1 fully saturated rings. The van der Waals surface area contributed by atoms with Crippen molar-refractivity contribution in [2.24, 2.45) is 0 Å². The van der Waals surface area contributed by atoms with Crippen LogP contribution in [0.25, 0.3) is 0 Å². The van der Waals surface area contributed by atoms with Crippen molar-refractivity contribution < 1.29 is 9.21 Å². The van der Waals surface area contributed by atoms with Crippen molar-refractivity contribution in [1.82, 2.24) is 9.80 Å². The molecule has 1 amide bonds. The summed E-state index contributed by atoms with van der Waals surface area (Å²) in [4.78, 5) is 16.2. The standard InChI is InChI=1S/C15H24N2O2/c1-13-7-8-14(19-13)11-16(2)12-15(18)17-9-5-3-4-6-10-17/h7-8H,3-6,9-12H2,1-2H3. The molecule has 1 aromatic heterocycles. The van der Waals surface area contributed by atoms with Crippen molar-refractivity contribution >= 4 is 5.91 Å². The van der Waals surface area contributed by atoms with Crippen LogP contribution in [0.3, 0.4) is 0 Å². The third-order valence-corrected chi connectivity index (χ3v) is 3.59. The zero-order valence-electron chi connectivity index (χ0n) is 12.0. The Labute approximate surface area is 115 Å². The van der Waals surface area contributed by atoms with Crippen LogP contribution in [-0.4, -0.2) is 42.4 Å². The van der Waals surface area contributed by atoms with E-state index >= 15 is 0 Å². The van der Waals surface area contributed by atoms with E-state index in [2.05, 4.69) is 0 Å². The van der Waals surface area contributed by atoms with Gasteiger partial charge in [-0.3, -0.25) is 9.69 Å². The average Bonchev–Trinajstić information content (AvgIpc) is 2.64. The predicted molar refractivity (Wildman–Crippen MR) is 74.8 cm³/mol.